The van der Waals surface area contributed by atoms with Crippen molar-refractivity contribution in [2.45, 2.75) is 12.0 Å². The average molecular weight is 274 g/mol. The summed E-state index contributed by atoms with van der Waals surface area (Å²) >= 11 is 23.4. The summed E-state index contributed by atoms with van der Waals surface area (Å²) in [6.45, 7) is 1.74. The maximum absolute atomic E-state index is 5.92. The lowest BCUT2D eigenvalue weighted by atomic mass is 10.1. The smallest absolute Gasteiger partial charge is 0.169 e. The lowest BCUT2D eigenvalue weighted by molar-refractivity contribution is 0.680. The summed E-state index contributed by atoms with van der Waals surface area (Å²) in [6, 6.07) is 1.51. The third-order valence-corrected chi connectivity index (χ3v) is 3.36. The third kappa shape index (κ3) is 2.27. The van der Waals surface area contributed by atoms with Crippen LogP contribution in [0.2, 0.25) is 15.1 Å². The molecule has 0 heterocycles. The highest BCUT2D eigenvalue weighted by molar-refractivity contribution is 6.45. The van der Waals surface area contributed by atoms with Crippen molar-refractivity contribution in [2.24, 2.45) is 11.5 Å². The van der Waals surface area contributed by atoms with Crippen molar-refractivity contribution in [3.05, 3.63) is 32.3 Å². The van der Waals surface area contributed by atoms with Crippen LogP contribution in [0.5, 0.6) is 0 Å². The van der Waals surface area contributed by atoms with Crippen LogP contribution in [0.1, 0.15) is 11.1 Å². The quantitative estimate of drug-likeness (QED) is 0.357. The molecule has 1 aromatic rings. The number of rotatable bonds is 1. The molecule has 0 aliphatic heterocycles. The van der Waals surface area contributed by atoms with Gasteiger partial charge in [0, 0.05) is 10.6 Å². The fourth-order valence-corrected chi connectivity index (χ4v) is 1.97. The summed E-state index contributed by atoms with van der Waals surface area (Å²) in [7, 11) is 0. The van der Waals surface area contributed by atoms with Gasteiger partial charge in [-0.05, 0) is 18.6 Å². The van der Waals surface area contributed by atoms with Gasteiger partial charge in [0.2, 0.25) is 0 Å². The van der Waals surface area contributed by atoms with Gasteiger partial charge in [-0.25, -0.2) is 0 Å². The molecule has 0 spiro atoms. The van der Waals surface area contributed by atoms with Crippen molar-refractivity contribution in [3.63, 3.8) is 0 Å². The first kappa shape index (κ1) is 12.4. The Morgan fingerprint density at radius 2 is 1.64 bits per heavy atom. The Labute approximate surface area is 102 Å². The van der Waals surface area contributed by atoms with Crippen LogP contribution in [-0.4, -0.2) is 0 Å². The van der Waals surface area contributed by atoms with Gasteiger partial charge in [0.1, 0.15) is 0 Å². The first-order valence-electron chi connectivity index (χ1n) is 3.66. The maximum Gasteiger partial charge on any atom is 0.169 e. The fraction of sp³-hybridized carbons (Fsp3) is 0.250. The van der Waals surface area contributed by atoms with E-state index in [1.54, 1.807) is 6.92 Å². The minimum Gasteiger partial charge on any atom is -0.297 e. The lowest BCUT2D eigenvalue weighted by Crippen LogP contribution is -2.40. The highest BCUT2D eigenvalue weighted by Gasteiger charge is 2.24. The van der Waals surface area contributed by atoms with Crippen LogP contribution in [0, 0.1) is 6.92 Å². The molecule has 0 aliphatic carbocycles. The van der Waals surface area contributed by atoms with E-state index in [1.807, 2.05) is 0 Å². The molecule has 0 atom stereocenters. The first-order chi connectivity index (χ1) is 6.25. The summed E-state index contributed by atoms with van der Waals surface area (Å²) in [5.74, 6) is 0. The van der Waals surface area contributed by atoms with Crippen molar-refractivity contribution < 1.29 is 0 Å². The molecular formula is C8H8Cl4N2. The number of hydrogen-bond acceptors (Lipinski definition) is 2. The van der Waals surface area contributed by atoms with Crippen LogP contribution in [0.15, 0.2) is 6.07 Å². The van der Waals surface area contributed by atoms with E-state index in [2.05, 4.69) is 0 Å². The van der Waals surface area contributed by atoms with Gasteiger partial charge in [0.25, 0.3) is 0 Å². The van der Waals surface area contributed by atoms with E-state index in [1.165, 1.54) is 6.07 Å². The molecule has 1 rings (SSSR count). The van der Waals surface area contributed by atoms with Gasteiger partial charge in [-0.3, -0.25) is 11.5 Å². The van der Waals surface area contributed by atoms with E-state index in [-0.39, 0.29) is 5.02 Å². The molecule has 0 aromatic heterocycles. The molecule has 78 valence electrons. The molecule has 1 aromatic carbocycles. The van der Waals surface area contributed by atoms with E-state index in [9.17, 15) is 0 Å². The zero-order chi connectivity index (χ0) is 11.1. The summed E-state index contributed by atoms with van der Waals surface area (Å²) < 4.78 is 0. The molecule has 0 aliphatic rings. The SMILES string of the molecule is Cc1c(Cl)cc(C(N)(N)Cl)c(Cl)c1Cl. The van der Waals surface area contributed by atoms with Gasteiger partial charge >= 0.3 is 0 Å². The molecule has 0 unspecified atom stereocenters. The summed E-state index contributed by atoms with van der Waals surface area (Å²) in [4.78, 5) is 0. The molecule has 0 radical (unpaired) electrons. The van der Waals surface area contributed by atoms with E-state index in [4.69, 9.17) is 57.9 Å². The number of hydrogen-bond donors (Lipinski definition) is 2. The van der Waals surface area contributed by atoms with Crippen LogP contribution in [0.3, 0.4) is 0 Å². The third-order valence-electron chi connectivity index (χ3n) is 1.80. The predicted octanol–water partition coefficient (Wildman–Crippen LogP) is 3.22. The van der Waals surface area contributed by atoms with Gasteiger partial charge in [-0.15, -0.1) is 0 Å². The molecule has 6 heteroatoms. The topological polar surface area (TPSA) is 52.0 Å². The number of alkyl halides is 1. The first-order valence-corrected chi connectivity index (χ1v) is 5.17. The van der Waals surface area contributed by atoms with E-state index >= 15 is 0 Å². The van der Waals surface area contributed by atoms with Crippen LogP contribution in [0.4, 0.5) is 0 Å². The number of halogens is 4. The molecule has 0 fully saturated rings. The largest absolute Gasteiger partial charge is 0.297 e. The zero-order valence-electron chi connectivity index (χ0n) is 7.24. The second-order valence-electron chi connectivity index (χ2n) is 2.93. The standard InChI is InChI=1S/C8H8Cl4N2/c1-3-5(9)2-4(8(12,13)14)7(11)6(3)10/h2H,13-14H2,1H3. The Morgan fingerprint density at radius 1 is 1.14 bits per heavy atom. The summed E-state index contributed by atoms with van der Waals surface area (Å²) in [6.07, 6.45) is 0. The van der Waals surface area contributed by atoms with Crippen molar-refractivity contribution in [1.29, 1.82) is 0 Å². The van der Waals surface area contributed by atoms with Crippen LogP contribution in [0.25, 0.3) is 0 Å². The second-order valence-corrected chi connectivity index (χ2v) is 4.72. The average Bonchev–Trinajstić information content (AvgIpc) is 2.06. The van der Waals surface area contributed by atoms with Crippen molar-refractivity contribution in [1.82, 2.24) is 0 Å². The summed E-state index contributed by atoms with van der Waals surface area (Å²) in [5, 5.41) is -0.600. The number of nitrogens with two attached hydrogens (primary N) is 2. The number of benzene rings is 1. The van der Waals surface area contributed by atoms with Crippen molar-refractivity contribution >= 4 is 46.4 Å². The van der Waals surface area contributed by atoms with Crippen molar-refractivity contribution in [2.75, 3.05) is 0 Å². The normalized spacial score (nSPS) is 11.9. The minimum absolute atomic E-state index is 0.230. The predicted molar refractivity (Wildman–Crippen MR) is 62.1 cm³/mol. The molecule has 0 amide bonds. The molecule has 4 N–H and O–H groups in total. The van der Waals surface area contributed by atoms with Gasteiger partial charge in [-0.2, -0.15) is 0 Å². The van der Waals surface area contributed by atoms with Gasteiger partial charge in [0.15, 0.2) is 5.12 Å². The second kappa shape index (κ2) is 4.05. The molecular weight excluding hydrogens is 266 g/mol. The zero-order valence-corrected chi connectivity index (χ0v) is 10.3. The molecule has 0 saturated heterocycles. The van der Waals surface area contributed by atoms with Crippen molar-refractivity contribution in [3.8, 4) is 0 Å². The highest BCUT2D eigenvalue weighted by atomic mass is 35.5. The minimum atomic E-state index is -1.57. The Kier molecular flexibility index (Phi) is 3.58. The Hall–Kier alpha value is 0.300. The fourth-order valence-electron chi connectivity index (χ4n) is 0.965. The maximum atomic E-state index is 5.92. The molecule has 0 bridgehead atoms. The Morgan fingerprint density at radius 3 is 2.07 bits per heavy atom. The van der Waals surface area contributed by atoms with Crippen LogP contribution in [-0.2, 0) is 5.12 Å². The van der Waals surface area contributed by atoms with E-state index in [0.29, 0.717) is 21.2 Å². The van der Waals surface area contributed by atoms with Gasteiger partial charge in [-0.1, -0.05) is 46.4 Å². The summed E-state index contributed by atoms with van der Waals surface area (Å²) in [5.41, 5.74) is 12.0. The Balaban J connectivity index is 3.49. The van der Waals surface area contributed by atoms with E-state index in [0.717, 1.165) is 0 Å². The Bertz CT molecular complexity index is 371. The highest BCUT2D eigenvalue weighted by Crippen LogP contribution is 2.37. The van der Waals surface area contributed by atoms with Gasteiger partial charge in [0.05, 0.1) is 10.0 Å². The molecule has 0 saturated carbocycles. The van der Waals surface area contributed by atoms with Crippen LogP contribution < -0.4 is 11.5 Å². The monoisotopic (exact) mass is 272 g/mol. The lowest BCUT2D eigenvalue weighted by Gasteiger charge is -2.20. The van der Waals surface area contributed by atoms with E-state index < -0.39 is 5.12 Å². The van der Waals surface area contributed by atoms with Gasteiger partial charge < -0.3 is 0 Å². The van der Waals surface area contributed by atoms with Crippen LogP contribution >= 0.6 is 46.4 Å². The molecule has 2 nitrogen and oxygen atoms in total. The molecule has 14 heavy (non-hydrogen) atoms.